The van der Waals surface area contributed by atoms with Crippen molar-refractivity contribution in [3.05, 3.63) is 64.2 Å². The molecule has 160 valence electrons. The Morgan fingerprint density at radius 1 is 1.20 bits per heavy atom. The molecule has 0 aliphatic heterocycles. The predicted octanol–water partition coefficient (Wildman–Crippen LogP) is 5.37. The van der Waals surface area contributed by atoms with Gasteiger partial charge in [-0.3, -0.25) is 4.79 Å². The summed E-state index contributed by atoms with van der Waals surface area (Å²) >= 11 is 6.31. The number of halogens is 4. The molecule has 0 aliphatic rings. The summed E-state index contributed by atoms with van der Waals surface area (Å²) < 4.78 is 40.3. The van der Waals surface area contributed by atoms with Crippen LogP contribution in [0.4, 0.5) is 18.9 Å². The minimum Gasteiger partial charge on any atom is -0.371 e. The van der Waals surface area contributed by atoms with Crippen molar-refractivity contribution in [1.82, 2.24) is 4.90 Å². The van der Waals surface area contributed by atoms with Crippen LogP contribution in [-0.4, -0.2) is 30.4 Å². The maximum absolute atomic E-state index is 13.4. The van der Waals surface area contributed by atoms with Gasteiger partial charge in [0.15, 0.2) is 0 Å². The van der Waals surface area contributed by atoms with Crippen LogP contribution in [0.3, 0.4) is 0 Å². The topological polar surface area (TPSA) is 56.1 Å². The number of alkyl halides is 3. The van der Waals surface area contributed by atoms with Gasteiger partial charge in [-0.2, -0.15) is 18.4 Å². The molecule has 8 heteroatoms. The van der Waals surface area contributed by atoms with E-state index < -0.39 is 22.8 Å². The van der Waals surface area contributed by atoms with E-state index in [4.69, 9.17) is 16.9 Å². The van der Waals surface area contributed by atoms with Gasteiger partial charge < -0.3 is 10.2 Å². The number of hydrogen-bond donors (Lipinski definition) is 1. The predicted molar refractivity (Wildman–Crippen MR) is 111 cm³/mol. The lowest BCUT2D eigenvalue weighted by Crippen LogP contribution is -2.57. The van der Waals surface area contributed by atoms with E-state index in [1.54, 1.807) is 44.4 Å². The highest BCUT2D eigenvalue weighted by Crippen LogP contribution is 2.36. The summed E-state index contributed by atoms with van der Waals surface area (Å²) in [6, 6.07) is 11.9. The van der Waals surface area contributed by atoms with Gasteiger partial charge in [-0.15, -0.1) is 0 Å². The van der Waals surface area contributed by atoms with Crippen molar-refractivity contribution in [2.45, 2.75) is 32.0 Å². The van der Waals surface area contributed by atoms with Crippen LogP contribution in [0.2, 0.25) is 5.02 Å². The van der Waals surface area contributed by atoms with E-state index in [0.717, 1.165) is 12.1 Å². The van der Waals surface area contributed by atoms with Gasteiger partial charge in [-0.25, -0.2) is 0 Å². The smallest absolute Gasteiger partial charge is 0.371 e. The molecule has 1 N–H and O–H groups in total. The Morgan fingerprint density at radius 2 is 1.83 bits per heavy atom. The molecule has 0 radical (unpaired) electrons. The molecule has 0 saturated heterocycles. The highest BCUT2D eigenvalue weighted by Gasteiger charge is 2.44. The number of nitrogens with one attached hydrogen (secondary N) is 1. The highest BCUT2D eigenvalue weighted by molar-refractivity contribution is 6.31. The van der Waals surface area contributed by atoms with E-state index in [2.05, 4.69) is 5.32 Å². The Labute approximate surface area is 179 Å². The lowest BCUT2D eigenvalue weighted by atomic mass is 9.79. The Morgan fingerprint density at radius 3 is 2.33 bits per heavy atom. The zero-order chi connectivity index (χ0) is 22.7. The van der Waals surface area contributed by atoms with E-state index in [9.17, 15) is 18.0 Å². The summed E-state index contributed by atoms with van der Waals surface area (Å²) in [4.78, 5) is 14.7. The fraction of sp³-hybridized carbons (Fsp3) is 0.364. The van der Waals surface area contributed by atoms with Crippen LogP contribution in [0.5, 0.6) is 0 Å². The van der Waals surface area contributed by atoms with Gasteiger partial charge in [0.2, 0.25) is 5.91 Å². The standard InChI is InChI=1S/C22H23ClF3N3O/c1-14(2)21(20(30)29(3)4,12-15-7-5-6-8-19(15)23)28-17-10-9-16(13-27)18(11-17)22(24,25)26/h5-11,14,28H,12H2,1-4H3/t21-/m1/s1. The van der Waals surface area contributed by atoms with Gasteiger partial charge >= 0.3 is 6.18 Å². The monoisotopic (exact) mass is 437 g/mol. The molecule has 2 rings (SSSR count). The fourth-order valence-corrected chi connectivity index (χ4v) is 3.52. The Balaban J connectivity index is 2.62. The number of carbonyl (C=O) groups is 1. The van der Waals surface area contributed by atoms with E-state index in [1.807, 2.05) is 13.8 Å². The molecular formula is C22H23ClF3N3O. The second-order valence-corrected chi connectivity index (χ2v) is 8.00. The van der Waals surface area contributed by atoms with Crippen LogP contribution in [-0.2, 0) is 17.4 Å². The molecule has 1 amide bonds. The first kappa shape index (κ1) is 23.6. The van der Waals surface area contributed by atoms with Gasteiger partial charge in [0.25, 0.3) is 0 Å². The first-order valence-electron chi connectivity index (χ1n) is 9.27. The summed E-state index contributed by atoms with van der Waals surface area (Å²) in [5.74, 6) is -0.594. The minimum atomic E-state index is -4.70. The molecule has 0 bridgehead atoms. The molecule has 4 nitrogen and oxygen atoms in total. The van der Waals surface area contributed by atoms with E-state index in [0.29, 0.717) is 10.6 Å². The van der Waals surface area contributed by atoms with E-state index >= 15 is 0 Å². The minimum absolute atomic E-state index is 0.0947. The molecule has 1 atom stereocenters. The van der Waals surface area contributed by atoms with Crippen molar-refractivity contribution in [1.29, 1.82) is 5.26 Å². The third-order valence-corrected chi connectivity index (χ3v) is 5.38. The lowest BCUT2D eigenvalue weighted by molar-refractivity contribution is -0.137. The molecule has 0 unspecified atom stereocenters. The van der Waals surface area contributed by atoms with Crippen LogP contribution in [0.25, 0.3) is 0 Å². The quantitative estimate of drug-likeness (QED) is 0.661. The average molecular weight is 438 g/mol. The number of nitrogens with zero attached hydrogens (tertiary/aromatic N) is 2. The molecule has 0 saturated carbocycles. The second-order valence-electron chi connectivity index (χ2n) is 7.59. The number of likely N-dealkylation sites (N-methyl/N-ethyl adjacent to an activating group) is 1. The SMILES string of the molecule is CC(C)[C@@](Cc1ccccc1Cl)(Nc1ccc(C#N)c(C(F)(F)F)c1)C(=O)N(C)C. The second kappa shape index (κ2) is 8.97. The number of rotatable bonds is 6. The van der Waals surface area contributed by atoms with Crippen LogP contribution in [0.15, 0.2) is 42.5 Å². The molecule has 30 heavy (non-hydrogen) atoms. The first-order valence-corrected chi connectivity index (χ1v) is 9.65. The van der Waals surface area contributed by atoms with E-state index in [-0.39, 0.29) is 23.9 Å². The number of anilines is 1. The van der Waals surface area contributed by atoms with Crippen molar-refractivity contribution in [3.8, 4) is 6.07 Å². The van der Waals surface area contributed by atoms with Crippen molar-refractivity contribution >= 4 is 23.2 Å². The van der Waals surface area contributed by atoms with Crippen molar-refractivity contribution in [2.24, 2.45) is 5.92 Å². The zero-order valence-corrected chi connectivity index (χ0v) is 17.9. The van der Waals surface area contributed by atoms with Crippen LogP contribution in [0.1, 0.15) is 30.5 Å². The largest absolute Gasteiger partial charge is 0.417 e. The first-order chi connectivity index (χ1) is 13.9. The van der Waals surface area contributed by atoms with Gasteiger partial charge in [0.05, 0.1) is 17.2 Å². The Bertz CT molecular complexity index is 967. The molecule has 0 aromatic heterocycles. The van der Waals surface area contributed by atoms with Gasteiger partial charge in [-0.1, -0.05) is 43.6 Å². The fourth-order valence-electron chi connectivity index (χ4n) is 3.32. The van der Waals surface area contributed by atoms with Gasteiger partial charge in [-0.05, 0) is 35.7 Å². The highest BCUT2D eigenvalue weighted by atomic mass is 35.5. The number of carbonyl (C=O) groups excluding carboxylic acids is 1. The van der Waals surface area contributed by atoms with Crippen molar-refractivity contribution < 1.29 is 18.0 Å². The number of benzene rings is 2. The number of hydrogen-bond acceptors (Lipinski definition) is 3. The third kappa shape index (κ3) is 4.88. The normalized spacial score (nSPS) is 13.5. The van der Waals surface area contributed by atoms with Gasteiger partial charge in [0, 0.05) is 31.2 Å². The van der Waals surface area contributed by atoms with E-state index in [1.165, 1.54) is 11.0 Å². The summed E-state index contributed by atoms with van der Waals surface area (Å²) in [5.41, 5.74) is -2.00. The summed E-state index contributed by atoms with van der Waals surface area (Å²) in [6.07, 6.45) is -4.53. The maximum Gasteiger partial charge on any atom is 0.417 e. The van der Waals surface area contributed by atoms with Crippen molar-refractivity contribution in [3.63, 3.8) is 0 Å². The molecule has 2 aromatic carbocycles. The maximum atomic E-state index is 13.4. The third-order valence-electron chi connectivity index (χ3n) is 5.01. The average Bonchev–Trinajstić information content (AvgIpc) is 2.67. The van der Waals surface area contributed by atoms with Crippen LogP contribution >= 0.6 is 11.6 Å². The van der Waals surface area contributed by atoms with Crippen LogP contribution in [0, 0.1) is 17.2 Å². The van der Waals surface area contributed by atoms with Gasteiger partial charge in [0.1, 0.15) is 5.54 Å². The number of nitriles is 1. The van der Waals surface area contributed by atoms with Crippen LogP contribution < -0.4 is 5.32 Å². The molecule has 0 aliphatic carbocycles. The molecule has 0 heterocycles. The Kier molecular flexibility index (Phi) is 7.04. The summed E-state index contributed by atoms with van der Waals surface area (Å²) in [7, 11) is 3.18. The molecular weight excluding hydrogens is 415 g/mol. The number of amides is 1. The summed E-state index contributed by atoms with van der Waals surface area (Å²) in [5, 5.41) is 12.6. The molecule has 2 aromatic rings. The van der Waals surface area contributed by atoms with Crippen molar-refractivity contribution in [2.75, 3.05) is 19.4 Å². The molecule has 0 spiro atoms. The lowest BCUT2D eigenvalue weighted by Gasteiger charge is -2.40. The summed E-state index contributed by atoms with van der Waals surface area (Å²) in [6.45, 7) is 3.64. The Hall–Kier alpha value is -2.72. The zero-order valence-electron chi connectivity index (χ0n) is 17.1. The molecule has 0 fully saturated rings.